The van der Waals surface area contributed by atoms with Gasteiger partial charge >= 0.3 is 5.76 Å². The van der Waals surface area contributed by atoms with E-state index in [0.29, 0.717) is 10.7 Å². The van der Waals surface area contributed by atoms with Crippen LogP contribution in [0.3, 0.4) is 0 Å². The van der Waals surface area contributed by atoms with Crippen LogP contribution in [0.5, 0.6) is 0 Å². The predicted octanol–water partition coefficient (Wildman–Crippen LogP) is 2.29. The van der Waals surface area contributed by atoms with Crippen molar-refractivity contribution in [3.05, 3.63) is 45.9 Å². The Bertz CT molecular complexity index is 582. The highest BCUT2D eigenvalue weighted by Gasteiger charge is 2.16. The van der Waals surface area contributed by atoms with Gasteiger partial charge in [0.25, 0.3) is 6.43 Å². The number of hydrogen-bond acceptors (Lipinski definition) is 4. The molecule has 0 saturated heterocycles. The summed E-state index contributed by atoms with van der Waals surface area (Å²) in [6.45, 7) is -0.373. The van der Waals surface area contributed by atoms with Gasteiger partial charge in [0, 0.05) is 12.7 Å². The monoisotopic (exact) mass is 289 g/mol. The lowest BCUT2D eigenvalue weighted by atomic mass is 10.2. The first kappa shape index (κ1) is 13.5. The van der Waals surface area contributed by atoms with Crippen LogP contribution in [0.4, 0.5) is 14.6 Å². The van der Waals surface area contributed by atoms with Gasteiger partial charge in [0.2, 0.25) is 0 Å². The summed E-state index contributed by atoms with van der Waals surface area (Å²) in [6.07, 6.45) is 0.0474. The van der Waals surface area contributed by atoms with Gasteiger partial charge in [-0.3, -0.25) is 4.98 Å². The van der Waals surface area contributed by atoms with Gasteiger partial charge in [-0.2, -0.15) is 0 Å². The molecule has 2 heterocycles. The average Bonchev–Trinajstić information content (AvgIpc) is 2.77. The van der Waals surface area contributed by atoms with Crippen molar-refractivity contribution in [2.75, 3.05) is 11.4 Å². The fraction of sp³-hybridized carbons (Fsp3) is 0.273. The normalized spacial score (nSPS) is 10.9. The van der Waals surface area contributed by atoms with Crippen LogP contribution >= 0.6 is 11.6 Å². The van der Waals surface area contributed by atoms with Crippen LogP contribution in [0.2, 0.25) is 5.15 Å². The molecule has 2 aromatic heterocycles. The minimum atomic E-state index is -2.54. The first-order valence-corrected chi connectivity index (χ1v) is 5.74. The van der Waals surface area contributed by atoms with E-state index in [4.69, 9.17) is 11.6 Å². The predicted molar refractivity (Wildman–Crippen MR) is 65.6 cm³/mol. The number of nitrogens with zero attached hydrogens (tertiary/aromatic N) is 2. The molecule has 2 rings (SSSR count). The average molecular weight is 290 g/mol. The Kier molecular flexibility index (Phi) is 4.16. The SMILES string of the molecule is O=c1[nH]c(N(Cc2ccc(Cl)nc2)CC(F)F)co1. The molecule has 0 aliphatic carbocycles. The molecule has 0 unspecified atom stereocenters. The minimum Gasteiger partial charge on any atom is -0.414 e. The van der Waals surface area contributed by atoms with E-state index in [-0.39, 0.29) is 12.4 Å². The number of anilines is 1. The van der Waals surface area contributed by atoms with Crippen molar-refractivity contribution in [3.8, 4) is 0 Å². The van der Waals surface area contributed by atoms with E-state index in [9.17, 15) is 13.6 Å². The van der Waals surface area contributed by atoms with Gasteiger partial charge in [-0.1, -0.05) is 17.7 Å². The third-order valence-electron chi connectivity index (χ3n) is 2.37. The molecule has 1 N–H and O–H groups in total. The Balaban J connectivity index is 2.18. The Morgan fingerprint density at radius 2 is 2.26 bits per heavy atom. The molecule has 5 nitrogen and oxygen atoms in total. The lowest BCUT2D eigenvalue weighted by molar-refractivity contribution is 0.154. The Morgan fingerprint density at radius 3 is 2.79 bits per heavy atom. The Morgan fingerprint density at radius 1 is 1.47 bits per heavy atom. The number of pyridine rings is 1. The van der Waals surface area contributed by atoms with Crippen molar-refractivity contribution in [2.24, 2.45) is 0 Å². The van der Waals surface area contributed by atoms with Crippen molar-refractivity contribution in [1.82, 2.24) is 9.97 Å². The van der Waals surface area contributed by atoms with Crippen molar-refractivity contribution in [1.29, 1.82) is 0 Å². The molecule has 0 fully saturated rings. The van der Waals surface area contributed by atoms with E-state index in [1.165, 1.54) is 11.1 Å². The van der Waals surface area contributed by atoms with E-state index in [2.05, 4.69) is 14.4 Å². The van der Waals surface area contributed by atoms with Gasteiger partial charge in [-0.05, 0) is 11.6 Å². The Hall–Kier alpha value is -1.89. The van der Waals surface area contributed by atoms with Crippen LogP contribution in [0.15, 0.2) is 33.8 Å². The van der Waals surface area contributed by atoms with Gasteiger partial charge in [0.15, 0.2) is 0 Å². The first-order chi connectivity index (χ1) is 9.04. The van der Waals surface area contributed by atoms with E-state index in [0.717, 1.165) is 6.26 Å². The lowest BCUT2D eigenvalue weighted by Gasteiger charge is -2.21. The maximum atomic E-state index is 12.5. The van der Waals surface area contributed by atoms with Gasteiger partial charge in [-0.25, -0.2) is 18.6 Å². The molecule has 0 atom stereocenters. The van der Waals surface area contributed by atoms with Gasteiger partial charge < -0.3 is 9.32 Å². The standard InChI is InChI=1S/C11H10ClF2N3O2/c12-8-2-1-7(3-15-8)4-17(5-9(13)14)10-6-19-11(18)16-10/h1-3,6,9H,4-5H2,(H,16,18). The number of aromatic amines is 1. The smallest absolute Gasteiger partial charge is 0.414 e. The topological polar surface area (TPSA) is 62.1 Å². The molecule has 0 radical (unpaired) electrons. The molecular weight excluding hydrogens is 280 g/mol. The number of H-pyrrole nitrogens is 1. The summed E-state index contributed by atoms with van der Waals surface area (Å²) in [5.41, 5.74) is 0.687. The molecule has 0 amide bonds. The number of oxazole rings is 1. The summed E-state index contributed by atoms with van der Waals surface area (Å²) in [6, 6.07) is 3.24. The van der Waals surface area contributed by atoms with Gasteiger partial charge in [0.05, 0.1) is 6.54 Å². The molecule has 0 aliphatic heterocycles. The number of hydrogen-bond donors (Lipinski definition) is 1. The van der Waals surface area contributed by atoms with Crippen molar-refractivity contribution in [2.45, 2.75) is 13.0 Å². The summed E-state index contributed by atoms with van der Waals surface area (Å²) >= 11 is 5.65. The fourth-order valence-electron chi connectivity index (χ4n) is 1.56. The third kappa shape index (κ3) is 3.78. The Labute approximate surface area is 111 Å². The van der Waals surface area contributed by atoms with Crippen LogP contribution in [-0.2, 0) is 6.54 Å². The molecule has 0 aromatic carbocycles. The second-order valence-electron chi connectivity index (χ2n) is 3.79. The molecule has 102 valence electrons. The van der Waals surface area contributed by atoms with E-state index in [1.807, 2.05) is 0 Å². The fourth-order valence-corrected chi connectivity index (χ4v) is 1.67. The summed E-state index contributed by atoms with van der Waals surface area (Å²) < 4.78 is 29.6. The molecule has 2 aromatic rings. The summed E-state index contributed by atoms with van der Waals surface area (Å²) in [5, 5.41) is 0.320. The summed E-state index contributed by atoms with van der Waals surface area (Å²) in [7, 11) is 0. The van der Waals surface area contributed by atoms with E-state index >= 15 is 0 Å². The second-order valence-corrected chi connectivity index (χ2v) is 4.18. The van der Waals surface area contributed by atoms with E-state index in [1.54, 1.807) is 12.1 Å². The molecule has 19 heavy (non-hydrogen) atoms. The molecule has 0 bridgehead atoms. The number of alkyl halides is 2. The molecule has 0 aliphatic rings. The molecular formula is C11H10ClF2N3O2. The zero-order valence-corrected chi connectivity index (χ0v) is 10.4. The number of nitrogens with one attached hydrogen (secondary N) is 1. The molecule has 8 heteroatoms. The summed E-state index contributed by atoms with van der Waals surface area (Å²) in [5.74, 6) is -0.497. The molecule has 0 spiro atoms. The van der Waals surface area contributed by atoms with Crippen LogP contribution in [-0.4, -0.2) is 22.9 Å². The largest absolute Gasteiger partial charge is 0.417 e. The summed E-state index contributed by atoms with van der Waals surface area (Å²) in [4.78, 5) is 18.4. The van der Waals surface area contributed by atoms with Crippen LogP contribution in [0.1, 0.15) is 5.56 Å². The second kappa shape index (κ2) is 5.83. The van der Waals surface area contributed by atoms with Crippen LogP contribution < -0.4 is 10.7 Å². The lowest BCUT2D eigenvalue weighted by Crippen LogP contribution is -2.29. The van der Waals surface area contributed by atoms with Crippen molar-refractivity contribution >= 4 is 17.4 Å². The zero-order valence-electron chi connectivity index (χ0n) is 9.65. The maximum Gasteiger partial charge on any atom is 0.417 e. The third-order valence-corrected chi connectivity index (χ3v) is 2.59. The first-order valence-electron chi connectivity index (χ1n) is 5.36. The number of rotatable bonds is 5. The number of halogens is 3. The quantitative estimate of drug-likeness (QED) is 0.858. The minimum absolute atomic E-state index is 0.157. The highest BCUT2D eigenvalue weighted by Crippen LogP contribution is 2.15. The van der Waals surface area contributed by atoms with Crippen LogP contribution in [0, 0.1) is 0 Å². The van der Waals surface area contributed by atoms with Gasteiger partial charge in [0.1, 0.15) is 17.2 Å². The molecule has 0 saturated carbocycles. The van der Waals surface area contributed by atoms with E-state index < -0.39 is 18.7 Å². The van der Waals surface area contributed by atoms with Crippen molar-refractivity contribution in [3.63, 3.8) is 0 Å². The maximum absolute atomic E-state index is 12.5. The van der Waals surface area contributed by atoms with Gasteiger partial charge in [-0.15, -0.1) is 0 Å². The van der Waals surface area contributed by atoms with Crippen molar-refractivity contribution < 1.29 is 13.2 Å². The zero-order chi connectivity index (χ0) is 13.8. The highest BCUT2D eigenvalue weighted by atomic mass is 35.5. The van der Waals surface area contributed by atoms with Crippen LogP contribution in [0.25, 0.3) is 0 Å². The highest BCUT2D eigenvalue weighted by molar-refractivity contribution is 6.29. The number of aromatic nitrogens is 2.